The van der Waals surface area contributed by atoms with Crippen molar-refractivity contribution >= 4 is 16.9 Å². The number of carbonyl (C=O) groups excluding carboxylic acids is 1. The van der Waals surface area contributed by atoms with Crippen molar-refractivity contribution < 1.29 is 4.79 Å². The summed E-state index contributed by atoms with van der Waals surface area (Å²) in [7, 11) is 0. The molecule has 1 N–H and O–H groups in total. The average molecular weight is 374 g/mol. The summed E-state index contributed by atoms with van der Waals surface area (Å²) in [4.78, 5) is 18.2. The summed E-state index contributed by atoms with van der Waals surface area (Å²) in [6, 6.07) is 12.6. The van der Waals surface area contributed by atoms with Crippen molar-refractivity contribution in [3.05, 3.63) is 59.4 Å². The van der Waals surface area contributed by atoms with Gasteiger partial charge in [0.05, 0.1) is 23.2 Å². The van der Waals surface area contributed by atoms with Gasteiger partial charge in [0, 0.05) is 17.7 Å². The standard InChI is InChI=1S/C23H26N4O/c1-14(2)27-22-19(13-24-27)18(12-20(25-22)15-8-9-15)23(28)26-21(17-10-11-17)16-6-4-3-5-7-16/h3-7,12-15,17,21H,8-11H2,1-2H3,(H,26,28). The smallest absolute Gasteiger partial charge is 0.252 e. The lowest BCUT2D eigenvalue weighted by Gasteiger charge is -2.19. The van der Waals surface area contributed by atoms with E-state index in [1.54, 1.807) is 6.20 Å². The van der Waals surface area contributed by atoms with E-state index in [4.69, 9.17) is 4.98 Å². The highest BCUT2D eigenvalue weighted by molar-refractivity contribution is 6.05. The van der Waals surface area contributed by atoms with E-state index < -0.39 is 0 Å². The predicted molar refractivity (Wildman–Crippen MR) is 109 cm³/mol. The highest BCUT2D eigenvalue weighted by Gasteiger charge is 2.34. The molecule has 2 aliphatic rings. The van der Waals surface area contributed by atoms with Gasteiger partial charge in [-0.2, -0.15) is 5.10 Å². The van der Waals surface area contributed by atoms with Gasteiger partial charge >= 0.3 is 0 Å². The highest BCUT2D eigenvalue weighted by atomic mass is 16.1. The Bertz CT molecular complexity index is 1020. The zero-order chi connectivity index (χ0) is 19.3. The Labute approximate surface area is 165 Å². The van der Waals surface area contributed by atoms with Gasteiger partial charge in [0.2, 0.25) is 0 Å². The first-order chi connectivity index (χ1) is 13.6. The Morgan fingerprint density at radius 1 is 1.14 bits per heavy atom. The molecule has 2 heterocycles. The number of benzene rings is 1. The topological polar surface area (TPSA) is 59.8 Å². The molecule has 5 rings (SSSR count). The van der Waals surface area contributed by atoms with Crippen molar-refractivity contribution in [1.29, 1.82) is 0 Å². The van der Waals surface area contributed by atoms with E-state index in [1.807, 2.05) is 28.9 Å². The molecular weight excluding hydrogens is 348 g/mol. The lowest BCUT2D eigenvalue weighted by atomic mass is 10.0. The molecule has 5 nitrogen and oxygen atoms in total. The Kier molecular flexibility index (Phi) is 4.18. The molecule has 0 aliphatic heterocycles. The van der Waals surface area contributed by atoms with Gasteiger partial charge in [0.1, 0.15) is 0 Å². The van der Waals surface area contributed by atoms with E-state index in [0.29, 0.717) is 17.4 Å². The summed E-state index contributed by atoms with van der Waals surface area (Å²) < 4.78 is 1.92. The van der Waals surface area contributed by atoms with Crippen LogP contribution in [0.3, 0.4) is 0 Å². The van der Waals surface area contributed by atoms with Crippen molar-refractivity contribution in [1.82, 2.24) is 20.1 Å². The number of fused-ring (bicyclic) bond motifs is 1. The molecule has 0 radical (unpaired) electrons. The second-order valence-electron chi connectivity index (χ2n) is 8.49. The van der Waals surface area contributed by atoms with Crippen LogP contribution in [0.4, 0.5) is 0 Å². The third-order valence-corrected chi connectivity index (χ3v) is 5.85. The van der Waals surface area contributed by atoms with Gasteiger partial charge in [-0.25, -0.2) is 9.67 Å². The molecule has 1 unspecified atom stereocenters. The fourth-order valence-corrected chi connectivity index (χ4v) is 3.97. The van der Waals surface area contributed by atoms with Gasteiger partial charge in [-0.15, -0.1) is 0 Å². The lowest BCUT2D eigenvalue weighted by Crippen LogP contribution is -2.30. The molecule has 5 heteroatoms. The molecule has 3 aromatic rings. The normalized spacial score (nSPS) is 17.8. The fraction of sp³-hybridized carbons (Fsp3) is 0.435. The van der Waals surface area contributed by atoms with Crippen molar-refractivity contribution in [2.75, 3.05) is 0 Å². The Morgan fingerprint density at radius 2 is 1.89 bits per heavy atom. The molecule has 0 bridgehead atoms. The molecule has 0 saturated heterocycles. The lowest BCUT2D eigenvalue weighted by molar-refractivity contribution is 0.0933. The fourth-order valence-electron chi connectivity index (χ4n) is 3.97. The monoisotopic (exact) mass is 374 g/mol. The summed E-state index contributed by atoms with van der Waals surface area (Å²) in [5, 5.41) is 8.69. The van der Waals surface area contributed by atoms with Crippen LogP contribution >= 0.6 is 0 Å². The first-order valence-electron chi connectivity index (χ1n) is 10.4. The number of aromatic nitrogens is 3. The molecule has 2 saturated carbocycles. The highest BCUT2D eigenvalue weighted by Crippen LogP contribution is 2.42. The number of amides is 1. The van der Waals surface area contributed by atoms with Crippen LogP contribution in [0.1, 0.15) is 79.1 Å². The summed E-state index contributed by atoms with van der Waals surface area (Å²) in [6.45, 7) is 4.19. The van der Waals surface area contributed by atoms with Gasteiger partial charge < -0.3 is 5.32 Å². The van der Waals surface area contributed by atoms with Crippen LogP contribution in [0.25, 0.3) is 11.0 Å². The Hall–Kier alpha value is -2.69. The van der Waals surface area contributed by atoms with Crippen molar-refractivity contribution in [3.8, 4) is 0 Å². The molecule has 1 atom stereocenters. The van der Waals surface area contributed by atoms with Crippen molar-refractivity contribution in [2.24, 2.45) is 5.92 Å². The molecule has 0 spiro atoms. The Balaban J connectivity index is 1.53. The summed E-state index contributed by atoms with van der Waals surface area (Å²) in [5.41, 5.74) is 3.75. The predicted octanol–water partition coefficient (Wildman–Crippen LogP) is 4.77. The first kappa shape index (κ1) is 17.4. The first-order valence-corrected chi connectivity index (χ1v) is 10.4. The second kappa shape index (κ2) is 6.73. The van der Waals surface area contributed by atoms with Gasteiger partial charge in [0.15, 0.2) is 5.65 Å². The van der Waals surface area contributed by atoms with Crippen LogP contribution in [0.2, 0.25) is 0 Å². The van der Waals surface area contributed by atoms with Gasteiger partial charge in [-0.05, 0) is 57.1 Å². The summed E-state index contributed by atoms with van der Waals surface area (Å²) in [5.74, 6) is 1.00. The number of nitrogens with one attached hydrogen (secondary N) is 1. The van der Waals surface area contributed by atoms with Crippen LogP contribution in [0.15, 0.2) is 42.6 Å². The van der Waals surface area contributed by atoms with Gasteiger partial charge in [-0.3, -0.25) is 4.79 Å². The van der Waals surface area contributed by atoms with E-state index in [1.165, 1.54) is 18.4 Å². The molecule has 1 amide bonds. The van der Waals surface area contributed by atoms with Crippen LogP contribution in [0.5, 0.6) is 0 Å². The zero-order valence-electron chi connectivity index (χ0n) is 16.4. The number of pyridine rings is 1. The van der Waals surface area contributed by atoms with Crippen LogP contribution in [0, 0.1) is 5.92 Å². The largest absolute Gasteiger partial charge is 0.345 e. The maximum absolute atomic E-state index is 13.4. The molecule has 144 valence electrons. The van der Waals surface area contributed by atoms with Crippen LogP contribution < -0.4 is 5.32 Å². The number of rotatable bonds is 6. The van der Waals surface area contributed by atoms with E-state index >= 15 is 0 Å². The quantitative estimate of drug-likeness (QED) is 0.676. The number of carbonyl (C=O) groups is 1. The number of hydrogen-bond acceptors (Lipinski definition) is 3. The zero-order valence-corrected chi connectivity index (χ0v) is 16.4. The van der Waals surface area contributed by atoms with Gasteiger partial charge in [-0.1, -0.05) is 30.3 Å². The summed E-state index contributed by atoms with van der Waals surface area (Å²) >= 11 is 0. The third-order valence-electron chi connectivity index (χ3n) is 5.85. The maximum atomic E-state index is 13.4. The van der Waals surface area contributed by atoms with E-state index in [-0.39, 0.29) is 18.0 Å². The minimum atomic E-state index is -0.0154. The number of hydrogen-bond donors (Lipinski definition) is 1. The minimum absolute atomic E-state index is 0.0154. The third kappa shape index (κ3) is 3.19. The molecule has 2 aromatic heterocycles. The molecule has 28 heavy (non-hydrogen) atoms. The van der Waals surface area contributed by atoms with Crippen molar-refractivity contribution in [2.45, 2.75) is 57.5 Å². The summed E-state index contributed by atoms with van der Waals surface area (Å²) in [6.07, 6.45) is 6.45. The van der Waals surface area contributed by atoms with E-state index in [2.05, 4.69) is 36.4 Å². The maximum Gasteiger partial charge on any atom is 0.252 e. The second-order valence-corrected chi connectivity index (χ2v) is 8.49. The molecular formula is C23H26N4O. The van der Waals surface area contributed by atoms with Crippen LogP contribution in [-0.2, 0) is 0 Å². The number of nitrogens with zero attached hydrogens (tertiary/aromatic N) is 3. The van der Waals surface area contributed by atoms with Crippen LogP contribution in [-0.4, -0.2) is 20.7 Å². The minimum Gasteiger partial charge on any atom is -0.345 e. The molecule has 2 aliphatic carbocycles. The van der Waals surface area contributed by atoms with Gasteiger partial charge in [0.25, 0.3) is 5.91 Å². The molecule has 1 aromatic carbocycles. The SMILES string of the molecule is CC(C)n1ncc2c(C(=O)NC(c3ccccc3)C3CC3)cc(C3CC3)nc21. The van der Waals surface area contributed by atoms with E-state index in [0.717, 1.165) is 29.6 Å². The Morgan fingerprint density at radius 3 is 2.54 bits per heavy atom. The average Bonchev–Trinajstić information content (AvgIpc) is 3.62. The molecule has 2 fully saturated rings. The van der Waals surface area contributed by atoms with E-state index in [9.17, 15) is 4.79 Å². The van der Waals surface area contributed by atoms with Crippen molar-refractivity contribution in [3.63, 3.8) is 0 Å².